The molecule has 17 heavy (non-hydrogen) atoms. The van der Waals surface area contributed by atoms with E-state index in [0.29, 0.717) is 6.54 Å². The zero-order valence-corrected chi connectivity index (χ0v) is 9.44. The van der Waals surface area contributed by atoms with Crippen LogP contribution in [0.3, 0.4) is 0 Å². The Kier molecular flexibility index (Phi) is 2.93. The smallest absolute Gasteiger partial charge is 0.255 e. The van der Waals surface area contributed by atoms with E-state index < -0.39 is 0 Å². The van der Waals surface area contributed by atoms with Crippen molar-refractivity contribution in [2.24, 2.45) is 5.41 Å². The van der Waals surface area contributed by atoms with Crippen LogP contribution in [0.1, 0.15) is 23.2 Å². The van der Waals surface area contributed by atoms with Gasteiger partial charge in [-0.3, -0.25) is 4.79 Å². The van der Waals surface area contributed by atoms with Crippen molar-refractivity contribution in [3.8, 4) is 5.75 Å². The maximum Gasteiger partial charge on any atom is 0.255 e. The molecule has 0 aliphatic heterocycles. The van der Waals surface area contributed by atoms with Crippen LogP contribution in [0.15, 0.2) is 18.2 Å². The molecule has 0 aromatic heterocycles. The summed E-state index contributed by atoms with van der Waals surface area (Å²) in [4.78, 5) is 11.8. The summed E-state index contributed by atoms with van der Waals surface area (Å²) in [7, 11) is 0. The minimum absolute atomic E-state index is 0.0796. The molecule has 1 aliphatic carbocycles. The number of amides is 1. The first-order valence-electron chi connectivity index (χ1n) is 5.54. The normalized spacial score (nSPS) is 16.5. The van der Waals surface area contributed by atoms with E-state index >= 15 is 0 Å². The number of para-hydroxylation sites is 1. The number of benzene rings is 1. The largest absolute Gasteiger partial charge is 0.505 e. The van der Waals surface area contributed by atoms with Gasteiger partial charge in [0.2, 0.25) is 0 Å². The number of phenols is 1. The molecule has 0 saturated heterocycles. The molecule has 5 heteroatoms. The zero-order chi connectivity index (χ0) is 12.5. The highest BCUT2D eigenvalue weighted by Gasteiger charge is 2.42. The Morgan fingerprint density at radius 3 is 2.76 bits per heavy atom. The highest BCUT2D eigenvalue weighted by atomic mass is 16.3. The minimum atomic E-state index is -0.366. The highest BCUT2D eigenvalue weighted by Crippen LogP contribution is 2.44. The van der Waals surface area contributed by atoms with Crippen LogP contribution in [-0.2, 0) is 0 Å². The first-order chi connectivity index (χ1) is 8.08. The van der Waals surface area contributed by atoms with Crippen molar-refractivity contribution in [2.45, 2.75) is 12.8 Å². The second-order valence-electron chi connectivity index (χ2n) is 4.58. The standard InChI is InChI=1S/C12H16N2O3/c13-9-3-1-2-8(10(9)16)11(17)14-6-12(7-15)4-5-12/h1-3,15-16H,4-7,13H2,(H,14,17). The topological polar surface area (TPSA) is 95.6 Å². The van der Waals surface area contributed by atoms with E-state index in [9.17, 15) is 9.90 Å². The van der Waals surface area contributed by atoms with Crippen molar-refractivity contribution < 1.29 is 15.0 Å². The van der Waals surface area contributed by atoms with Gasteiger partial charge >= 0.3 is 0 Å². The maximum atomic E-state index is 11.8. The molecule has 1 aromatic carbocycles. The average Bonchev–Trinajstić information content (AvgIpc) is 3.10. The van der Waals surface area contributed by atoms with Crippen LogP contribution in [0.4, 0.5) is 5.69 Å². The molecule has 1 aliphatic rings. The molecule has 1 aromatic rings. The number of nitrogens with two attached hydrogens (primary N) is 1. The van der Waals surface area contributed by atoms with Crippen molar-refractivity contribution >= 4 is 11.6 Å². The summed E-state index contributed by atoms with van der Waals surface area (Å²) in [5, 5.41) is 21.5. The number of nitrogen functional groups attached to an aromatic ring is 1. The van der Waals surface area contributed by atoms with Gasteiger partial charge in [-0.1, -0.05) is 6.07 Å². The third-order valence-electron chi connectivity index (χ3n) is 3.23. The lowest BCUT2D eigenvalue weighted by Gasteiger charge is -2.13. The fourth-order valence-electron chi connectivity index (χ4n) is 1.68. The molecular formula is C12H16N2O3. The number of aromatic hydroxyl groups is 1. The van der Waals surface area contributed by atoms with Crippen molar-refractivity contribution in [1.82, 2.24) is 5.32 Å². The molecule has 1 fully saturated rings. The van der Waals surface area contributed by atoms with Crippen molar-refractivity contribution in [3.05, 3.63) is 23.8 Å². The molecule has 1 amide bonds. The number of nitrogens with one attached hydrogen (secondary N) is 1. The van der Waals surface area contributed by atoms with Gasteiger partial charge in [-0.25, -0.2) is 0 Å². The van der Waals surface area contributed by atoms with Crippen LogP contribution >= 0.6 is 0 Å². The van der Waals surface area contributed by atoms with Crippen LogP contribution in [-0.4, -0.2) is 29.3 Å². The van der Waals surface area contributed by atoms with Gasteiger partial charge < -0.3 is 21.3 Å². The zero-order valence-electron chi connectivity index (χ0n) is 9.44. The Bertz CT molecular complexity index is 441. The van der Waals surface area contributed by atoms with Crippen LogP contribution < -0.4 is 11.1 Å². The fraction of sp³-hybridized carbons (Fsp3) is 0.417. The van der Waals surface area contributed by atoms with Crippen LogP contribution in [0.5, 0.6) is 5.75 Å². The van der Waals surface area contributed by atoms with Crippen LogP contribution in [0.25, 0.3) is 0 Å². The van der Waals surface area contributed by atoms with Crippen LogP contribution in [0, 0.1) is 5.41 Å². The van der Waals surface area contributed by atoms with Crippen molar-refractivity contribution in [1.29, 1.82) is 0 Å². The summed E-state index contributed by atoms with van der Waals surface area (Å²) >= 11 is 0. The summed E-state index contributed by atoms with van der Waals surface area (Å²) in [6, 6.07) is 4.66. The van der Waals surface area contributed by atoms with E-state index in [1.807, 2.05) is 0 Å². The maximum absolute atomic E-state index is 11.8. The monoisotopic (exact) mass is 236 g/mol. The SMILES string of the molecule is Nc1cccc(C(=O)NCC2(CO)CC2)c1O. The fourth-order valence-corrected chi connectivity index (χ4v) is 1.68. The van der Waals surface area contributed by atoms with E-state index in [4.69, 9.17) is 10.8 Å². The molecule has 5 N–H and O–H groups in total. The van der Waals surface area contributed by atoms with E-state index in [2.05, 4.69) is 5.32 Å². The van der Waals surface area contributed by atoms with E-state index in [1.165, 1.54) is 12.1 Å². The predicted octanol–water partition coefficient (Wildman–Crippen LogP) is 0.477. The van der Waals surface area contributed by atoms with Crippen molar-refractivity contribution in [2.75, 3.05) is 18.9 Å². The molecule has 5 nitrogen and oxygen atoms in total. The van der Waals surface area contributed by atoms with E-state index in [-0.39, 0.29) is 34.9 Å². The van der Waals surface area contributed by atoms with Crippen molar-refractivity contribution in [3.63, 3.8) is 0 Å². The van der Waals surface area contributed by atoms with Gasteiger partial charge in [0.25, 0.3) is 5.91 Å². The Labute approximate surface area is 99.3 Å². The number of aliphatic hydroxyl groups excluding tert-OH is 1. The van der Waals surface area contributed by atoms with E-state index in [0.717, 1.165) is 12.8 Å². The third kappa shape index (κ3) is 2.34. The molecule has 0 unspecified atom stereocenters. The molecule has 0 spiro atoms. The summed E-state index contributed by atoms with van der Waals surface area (Å²) in [6.07, 6.45) is 1.85. The first-order valence-corrected chi connectivity index (χ1v) is 5.54. The second-order valence-corrected chi connectivity index (χ2v) is 4.58. The minimum Gasteiger partial charge on any atom is -0.505 e. The first kappa shape index (κ1) is 11.7. The number of carbonyl (C=O) groups excluding carboxylic acids is 1. The molecule has 0 bridgehead atoms. The predicted molar refractivity (Wildman–Crippen MR) is 63.6 cm³/mol. The highest BCUT2D eigenvalue weighted by molar-refractivity contribution is 5.98. The number of hydrogen-bond acceptors (Lipinski definition) is 4. The molecule has 2 rings (SSSR count). The van der Waals surface area contributed by atoms with Crippen LogP contribution in [0.2, 0.25) is 0 Å². The number of anilines is 1. The number of phenolic OH excluding ortho intramolecular Hbond substituents is 1. The van der Waals surface area contributed by atoms with Gasteiger partial charge in [0.15, 0.2) is 5.75 Å². The second kappa shape index (κ2) is 4.25. The molecule has 0 atom stereocenters. The molecular weight excluding hydrogens is 220 g/mol. The summed E-state index contributed by atoms with van der Waals surface area (Å²) in [5.74, 6) is -0.562. The van der Waals surface area contributed by atoms with Gasteiger partial charge in [-0.15, -0.1) is 0 Å². The molecule has 92 valence electrons. The quantitative estimate of drug-likeness (QED) is 0.451. The Balaban J connectivity index is 2.02. The lowest BCUT2D eigenvalue weighted by molar-refractivity contribution is 0.0932. The summed E-state index contributed by atoms with van der Waals surface area (Å²) < 4.78 is 0. The van der Waals surface area contributed by atoms with E-state index in [1.54, 1.807) is 6.07 Å². The van der Waals surface area contributed by atoms with Gasteiger partial charge in [-0.05, 0) is 25.0 Å². The number of hydrogen-bond donors (Lipinski definition) is 4. The van der Waals surface area contributed by atoms with Gasteiger partial charge in [0, 0.05) is 12.0 Å². The molecule has 0 radical (unpaired) electrons. The van der Waals surface area contributed by atoms with Gasteiger partial charge in [-0.2, -0.15) is 0 Å². The number of carbonyl (C=O) groups is 1. The Hall–Kier alpha value is -1.75. The lowest BCUT2D eigenvalue weighted by atomic mass is 10.1. The summed E-state index contributed by atoms with van der Waals surface area (Å²) in [6.45, 7) is 0.507. The number of aliphatic hydroxyl groups is 1. The van der Waals surface area contributed by atoms with Gasteiger partial charge in [0.05, 0.1) is 17.9 Å². The third-order valence-corrected chi connectivity index (χ3v) is 3.23. The molecule has 1 saturated carbocycles. The Morgan fingerprint density at radius 1 is 1.47 bits per heavy atom. The van der Waals surface area contributed by atoms with Gasteiger partial charge in [0.1, 0.15) is 0 Å². The number of rotatable bonds is 4. The summed E-state index contributed by atoms with van der Waals surface area (Å²) in [5.41, 5.74) is 5.71. The average molecular weight is 236 g/mol. The lowest BCUT2D eigenvalue weighted by Crippen LogP contribution is -2.31. The molecule has 0 heterocycles. The Morgan fingerprint density at radius 2 is 2.18 bits per heavy atom.